The third-order valence-electron chi connectivity index (χ3n) is 3.89. The van der Waals surface area contributed by atoms with Crippen molar-refractivity contribution in [1.29, 1.82) is 5.26 Å². The predicted octanol–water partition coefficient (Wildman–Crippen LogP) is 2.52. The third kappa shape index (κ3) is 4.84. The van der Waals surface area contributed by atoms with E-state index in [4.69, 9.17) is 10.00 Å². The van der Waals surface area contributed by atoms with Crippen molar-refractivity contribution in [2.24, 2.45) is 0 Å². The average Bonchev–Trinajstić information content (AvgIpc) is 2.66. The molecule has 0 aliphatic carbocycles. The van der Waals surface area contributed by atoms with Crippen molar-refractivity contribution in [2.45, 2.75) is 18.7 Å². The van der Waals surface area contributed by atoms with Crippen molar-refractivity contribution in [3.05, 3.63) is 53.6 Å². The lowest BCUT2D eigenvalue weighted by molar-refractivity contribution is -0.116. The lowest BCUT2D eigenvalue weighted by atomic mass is 10.2. The standard InChI is InChI=1S/C19H21N3O4S/c1-4-22(13-19(23)21-16-7-5-6-15(11-16)12-20)27(24,25)18-10-14(2)8-9-17(18)26-3/h5-11H,4,13H2,1-3H3,(H,21,23). The monoisotopic (exact) mass is 387 g/mol. The molecule has 2 aromatic carbocycles. The average molecular weight is 387 g/mol. The molecule has 0 fully saturated rings. The number of sulfonamides is 1. The van der Waals surface area contributed by atoms with Crippen LogP contribution in [0.1, 0.15) is 18.1 Å². The topological polar surface area (TPSA) is 99.5 Å². The second-order valence-corrected chi connectivity index (χ2v) is 7.73. The highest BCUT2D eigenvalue weighted by atomic mass is 32.2. The van der Waals surface area contributed by atoms with Crippen LogP contribution in [0.5, 0.6) is 5.75 Å². The van der Waals surface area contributed by atoms with E-state index in [9.17, 15) is 13.2 Å². The zero-order valence-electron chi connectivity index (χ0n) is 15.4. The maximum absolute atomic E-state index is 13.0. The number of hydrogen-bond acceptors (Lipinski definition) is 5. The Bertz CT molecular complexity index is 981. The summed E-state index contributed by atoms with van der Waals surface area (Å²) in [4.78, 5) is 12.4. The zero-order valence-corrected chi connectivity index (χ0v) is 16.2. The van der Waals surface area contributed by atoms with Crippen LogP contribution in [0, 0.1) is 18.3 Å². The number of hydrogen-bond donors (Lipinski definition) is 1. The minimum Gasteiger partial charge on any atom is -0.495 e. The van der Waals surface area contributed by atoms with Crippen molar-refractivity contribution in [3.63, 3.8) is 0 Å². The van der Waals surface area contributed by atoms with E-state index in [1.54, 1.807) is 44.2 Å². The first-order valence-corrected chi connectivity index (χ1v) is 9.70. The molecule has 0 heterocycles. The summed E-state index contributed by atoms with van der Waals surface area (Å²) in [5, 5.41) is 11.5. The molecule has 0 aliphatic rings. The predicted molar refractivity (Wildman–Crippen MR) is 102 cm³/mol. The zero-order chi connectivity index (χ0) is 20.0. The molecule has 7 nitrogen and oxygen atoms in total. The second-order valence-electron chi connectivity index (χ2n) is 5.83. The summed E-state index contributed by atoms with van der Waals surface area (Å²) in [6.07, 6.45) is 0. The molecule has 0 aliphatic heterocycles. The number of methoxy groups -OCH3 is 1. The first-order valence-electron chi connectivity index (χ1n) is 8.26. The van der Waals surface area contributed by atoms with Gasteiger partial charge in [-0.05, 0) is 42.8 Å². The summed E-state index contributed by atoms with van der Waals surface area (Å²) < 4.78 is 32.3. The molecular formula is C19H21N3O4S. The van der Waals surface area contributed by atoms with Gasteiger partial charge < -0.3 is 10.1 Å². The van der Waals surface area contributed by atoms with Gasteiger partial charge in [0.25, 0.3) is 0 Å². The summed E-state index contributed by atoms with van der Waals surface area (Å²) in [6, 6.07) is 13.2. The second kappa shape index (κ2) is 8.66. The van der Waals surface area contributed by atoms with Crippen LogP contribution >= 0.6 is 0 Å². The molecule has 8 heteroatoms. The molecule has 2 aromatic rings. The first kappa shape index (κ1) is 20.4. The van der Waals surface area contributed by atoms with Crippen molar-refractivity contribution in [3.8, 4) is 11.8 Å². The van der Waals surface area contributed by atoms with Crippen LogP contribution in [0.25, 0.3) is 0 Å². The Morgan fingerprint density at radius 1 is 1.26 bits per heavy atom. The smallest absolute Gasteiger partial charge is 0.247 e. The van der Waals surface area contributed by atoms with Crippen LogP contribution in [-0.4, -0.2) is 38.8 Å². The Labute approximate surface area is 159 Å². The van der Waals surface area contributed by atoms with Gasteiger partial charge in [0, 0.05) is 12.2 Å². The van der Waals surface area contributed by atoms with Gasteiger partial charge in [0.2, 0.25) is 15.9 Å². The summed E-state index contributed by atoms with van der Waals surface area (Å²) >= 11 is 0. The Balaban J connectivity index is 2.24. The number of nitriles is 1. The normalized spacial score (nSPS) is 11.1. The minimum absolute atomic E-state index is 0.0196. The number of ether oxygens (including phenoxy) is 1. The maximum Gasteiger partial charge on any atom is 0.247 e. The van der Waals surface area contributed by atoms with Gasteiger partial charge in [-0.3, -0.25) is 4.79 Å². The van der Waals surface area contributed by atoms with Crippen LogP contribution in [-0.2, 0) is 14.8 Å². The number of aryl methyl sites for hydroxylation is 1. The number of nitrogens with zero attached hydrogens (tertiary/aromatic N) is 2. The van der Waals surface area contributed by atoms with Crippen LogP contribution in [0.3, 0.4) is 0 Å². The molecule has 1 N–H and O–H groups in total. The van der Waals surface area contributed by atoms with E-state index in [0.717, 1.165) is 9.87 Å². The molecule has 2 rings (SSSR count). The van der Waals surface area contributed by atoms with Gasteiger partial charge in [-0.1, -0.05) is 19.1 Å². The molecular weight excluding hydrogens is 366 g/mol. The van der Waals surface area contributed by atoms with Gasteiger partial charge in [-0.15, -0.1) is 0 Å². The van der Waals surface area contributed by atoms with E-state index in [0.29, 0.717) is 11.3 Å². The van der Waals surface area contributed by atoms with Crippen LogP contribution in [0.2, 0.25) is 0 Å². The Morgan fingerprint density at radius 2 is 2.00 bits per heavy atom. The molecule has 142 valence electrons. The number of likely N-dealkylation sites (N-methyl/N-ethyl adjacent to an activating group) is 1. The largest absolute Gasteiger partial charge is 0.495 e. The van der Waals surface area contributed by atoms with Crippen LogP contribution in [0.15, 0.2) is 47.4 Å². The third-order valence-corrected chi connectivity index (χ3v) is 5.83. The molecule has 0 bridgehead atoms. The Kier molecular flexibility index (Phi) is 6.55. The summed E-state index contributed by atoms with van der Waals surface area (Å²) in [6.45, 7) is 3.20. The number of carbonyl (C=O) groups excluding carboxylic acids is 1. The lowest BCUT2D eigenvalue weighted by Gasteiger charge is -2.21. The van der Waals surface area contributed by atoms with Crippen molar-refractivity contribution < 1.29 is 17.9 Å². The van der Waals surface area contributed by atoms with Crippen molar-refractivity contribution >= 4 is 21.6 Å². The van der Waals surface area contributed by atoms with Gasteiger partial charge in [0.15, 0.2) is 0 Å². The molecule has 0 unspecified atom stereocenters. The highest BCUT2D eigenvalue weighted by Gasteiger charge is 2.28. The van der Waals surface area contributed by atoms with Gasteiger partial charge in [-0.25, -0.2) is 8.42 Å². The van der Waals surface area contributed by atoms with Crippen molar-refractivity contribution in [2.75, 3.05) is 25.5 Å². The minimum atomic E-state index is -3.92. The fourth-order valence-corrected chi connectivity index (χ4v) is 4.16. The van der Waals surface area contributed by atoms with E-state index in [1.807, 2.05) is 6.07 Å². The van der Waals surface area contributed by atoms with Gasteiger partial charge in [0.05, 0.1) is 25.3 Å². The fourth-order valence-electron chi connectivity index (χ4n) is 2.52. The quantitative estimate of drug-likeness (QED) is 0.787. The van der Waals surface area contributed by atoms with Gasteiger partial charge >= 0.3 is 0 Å². The number of benzene rings is 2. The number of rotatable bonds is 7. The molecule has 0 saturated heterocycles. The summed E-state index contributed by atoms with van der Waals surface area (Å²) in [5.74, 6) is -0.275. The highest BCUT2D eigenvalue weighted by Crippen LogP contribution is 2.27. The number of anilines is 1. The maximum atomic E-state index is 13.0. The van der Waals surface area contributed by atoms with E-state index in [-0.39, 0.29) is 23.7 Å². The summed E-state index contributed by atoms with van der Waals surface area (Å²) in [7, 11) is -2.52. The number of nitrogens with one attached hydrogen (secondary N) is 1. The molecule has 0 atom stereocenters. The van der Waals surface area contributed by atoms with Gasteiger partial charge in [0.1, 0.15) is 10.6 Å². The van der Waals surface area contributed by atoms with Crippen molar-refractivity contribution in [1.82, 2.24) is 4.31 Å². The SMILES string of the molecule is CCN(CC(=O)Nc1cccc(C#N)c1)S(=O)(=O)c1cc(C)ccc1OC. The molecule has 0 aromatic heterocycles. The lowest BCUT2D eigenvalue weighted by Crippen LogP contribution is -2.38. The number of amides is 1. The van der Waals surface area contributed by atoms with E-state index >= 15 is 0 Å². The van der Waals surface area contributed by atoms with E-state index in [2.05, 4.69) is 5.32 Å². The van der Waals surface area contributed by atoms with E-state index in [1.165, 1.54) is 19.2 Å². The van der Waals surface area contributed by atoms with E-state index < -0.39 is 15.9 Å². The molecule has 27 heavy (non-hydrogen) atoms. The summed E-state index contributed by atoms with van der Waals surface area (Å²) in [5.41, 5.74) is 1.60. The number of carbonyl (C=O) groups is 1. The van der Waals surface area contributed by atoms with Gasteiger partial charge in [-0.2, -0.15) is 9.57 Å². The molecule has 1 amide bonds. The molecule has 0 radical (unpaired) electrons. The molecule has 0 saturated carbocycles. The Hall–Kier alpha value is -2.89. The van der Waals surface area contributed by atoms with Crippen LogP contribution in [0.4, 0.5) is 5.69 Å². The fraction of sp³-hybridized carbons (Fsp3) is 0.263. The Morgan fingerprint density at radius 3 is 2.63 bits per heavy atom. The molecule has 0 spiro atoms. The van der Waals surface area contributed by atoms with Crippen LogP contribution < -0.4 is 10.1 Å². The highest BCUT2D eigenvalue weighted by molar-refractivity contribution is 7.89. The first-order chi connectivity index (χ1) is 12.8.